The van der Waals surface area contributed by atoms with Crippen molar-refractivity contribution < 1.29 is 9.59 Å². The van der Waals surface area contributed by atoms with Crippen molar-refractivity contribution in [1.29, 1.82) is 0 Å². The predicted molar refractivity (Wildman–Crippen MR) is 104 cm³/mol. The second-order valence-corrected chi connectivity index (χ2v) is 7.17. The lowest BCUT2D eigenvalue weighted by atomic mass is 10.1. The Morgan fingerprint density at radius 1 is 1.04 bits per heavy atom. The van der Waals surface area contributed by atoms with Gasteiger partial charge < -0.3 is 10.6 Å². The summed E-state index contributed by atoms with van der Waals surface area (Å²) < 4.78 is 0.942. The van der Waals surface area contributed by atoms with Crippen molar-refractivity contribution >= 4 is 50.5 Å². The highest BCUT2D eigenvalue weighted by Crippen LogP contribution is 2.34. The lowest BCUT2D eigenvalue weighted by Gasteiger charge is -2.11. The Balaban J connectivity index is 1.67. The highest BCUT2D eigenvalue weighted by molar-refractivity contribution is 7.21. The number of benzene rings is 2. The molecule has 0 fully saturated rings. The lowest BCUT2D eigenvalue weighted by molar-refractivity contribution is -0.115. The van der Waals surface area contributed by atoms with Crippen molar-refractivity contribution in [3.63, 3.8) is 0 Å². The summed E-state index contributed by atoms with van der Waals surface area (Å²) in [5.41, 5.74) is 2.74. The summed E-state index contributed by atoms with van der Waals surface area (Å²) in [5, 5.41) is 6.75. The summed E-state index contributed by atoms with van der Waals surface area (Å²) in [6.07, 6.45) is 0. The topological polar surface area (TPSA) is 58.2 Å². The maximum atomic E-state index is 12.4. The van der Waals surface area contributed by atoms with E-state index < -0.39 is 0 Å². The van der Waals surface area contributed by atoms with E-state index in [1.807, 2.05) is 56.3 Å². The minimum atomic E-state index is -0.345. The van der Waals surface area contributed by atoms with Crippen LogP contribution < -0.4 is 10.6 Å². The lowest BCUT2D eigenvalue weighted by Crippen LogP contribution is -2.32. The Labute approximate surface area is 154 Å². The van der Waals surface area contributed by atoms with Crippen LogP contribution in [0.15, 0.2) is 42.5 Å². The molecule has 0 saturated heterocycles. The molecule has 6 heteroatoms. The van der Waals surface area contributed by atoms with Gasteiger partial charge in [0.2, 0.25) is 5.91 Å². The second kappa shape index (κ2) is 7.25. The van der Waals surface area contributed by atoms with Gasteiger partial charge in [-0.3, -0.25) is 9.59 Å². The molecule has 2 amide bonds. The van der Waals surface area contributed by atoms with E-state index in [0.29, 0.717) is 9.90 Å². The maximum Gasteiger partial charge on any atom is 0.263 e. The Kier molecular flexibility index (Phi) is 5.06. The number of carbonyl (C=O) groups excluding carboxylic acids is 2. The van der Waals surface area contributed by atoms with Crippen LogP contribution in [-0.2, 0) is 4.79 Å². The number of hydrogen-bond donors (Lipinski definition) is 2. The summed E-state index contributed by atoms with van der Waals surface area (Å²) in [7, 11) is 0. The van der Waals surface area contributed by atoms with E-state index in [-0.39, 0.29) is 18.4 Å². The Bertz CT molecular complexity index is 945. The zero-order valence-electron chi connectivity index (χ0n) is 13.9. The number of halogens is 1. The smallest absolute Gasteiger partial charge is 0.263 e. The minimum Gasteiger partial charge on any atom is -0.342 e. The van der Waals surface area contributed by atoms with Crippen LogP contribution in [0, 0.1) is 13.8 Å². The first-order valence-corrected chi connectivity index (χ1v) is 8.98. The average molecular weight is 373 g/mol. The number of para-hydroxylation sites is 1. The standard InChI is InChI=1S/C19H17ClN2O2S/c1-11-6-5-7-12(2)17(11)22-15(23)10-21-19(24)18-16(20)13-8-3-4-9-14(13)25-18/h3-9H,10H2,1-2H3,(H,21,24)(H,22,23). The molecule has 0 spiro atoms. The molecule has 25 heavy (non-hydrogen) atoms. The summed E-state index contributed by atoms with van der Waals surface area (Å²) >= 11 is 7.60. The molecule has 1 heterocycles. The fraction of sp³-hybridized carbons (Fsp3) is 0.158. The van der Waals surface area contributed by atoms with Gasteiger partial charge in [-0.25, -0.2) is 0 Å². The van der Waals surface area contributed by atoms with Crippen molar-refractivity contribution in [2.75, 3.05) is 11.9 Å². The molecule has 0 saturated carbocycles. The molecule has 2 N–H and O–H groups in total. The number of nitrogens with one attached hydrogen (secondary N) is 2. The zero-order chi connectivity index (χ0) is 18.0. The summed E-state index contributed by atoms with van der Waals surface area (Å²) in [6, 6.07) is 13.4. The van der Waals surface area contributed by atoms with Crippen molar-refractivity contribution in [3.8, 4) is 0 Å². The molecule has 0 bridgehead atoms. The predicted octanol–water partition coefficient (Wildman–Crippen LogP) is 4.54. The van der Waals surface area contributed by atoms with Crippen LogP contribution in [0.2, 0.25) is 5.02 Å². The second-order valence-electron chi connectivity index (χ2n) is 5.74. The number of thiophene rings is 1. The Morgan fingerprint density at radius 2 is 1.72 bits per heavy atom. The van der Waals surface area contributed by atoms with E-state index in [2.05, 4.69) is 10.6 Å². The SMILES string of the molecule is Cc1cccc(C)c1NC(=O)CNC(=O)c1sc2ccccc2c1Cl. The van der Waals surface area contributed by atoms with Crippen molar-refractivity contribution in [2.24, 2.45) is 0 Å². The van der Waals surface area contributed by atoms with Crippen LogP contribution in [0.25, 0.3) is 10.1 Å². The molecule has 0 unspecified atom stereocenters. The van der Waals surface area contributed by atoms with Gasteiger partial charge in [-0.15, -0.1) is 11.3 Å². The molecule has 3 rings (SSSR count). The minimum absolute atomic E-state index is 0.114. The van der Waals surface area contributed by atoms with Crippen LogP contribution in [0.1, 0.15) is 20.8 Å². The van der Waals surface area contributed by atoms with Crippen LogP contribution in [0.5, 0.6) is 0 Å². The molecular weight excluding hydrogens is 356 g/mol. The number of hydrogen-bond acceptors (Lipinski definition) is 3. The van der Waals surface area contributed by atoms with Crippen molar-refractivity contribution in [1.82, 2.24) is 5.32 Å². The van der Waals surface area contributed by atoms with Gasteiger partial charge in [0, 0.05) is 15.8 Å². The average Bonchev–Trinajstić information content (AvgIpc) is 2.93. The first kappa shape index (κ1) is 17.5. The summed E-state index contributed by atoms with van der Waals surface area (Å²) in [6.45, 7) is 3.74. The highest BCUT2D eigenvalue weighted by Gasteiger charge is 2.17. The number of fused-ring (bicyclic) bond motifs is 1. The van der Waals surface area contributed by atoms with E-state index in [9.17, 15) is 9.59 Å². The fourth-order valence-corrected chi connectivity index (χ4v) is 4.03. The number of aryl methyl sites for hydroxylation is 2. The number of rotatable bonds is 4. The third kappa shape index (κ3) is 3.67. The molecule has 4 nitrogen and oxygen atoms in total. The van der Waals surface area contributed by atoms with E-state index in [0.717, 1.165) is 26.9 Å². The van der Waals surface area contributed by atoms with Crippen LogP contribution in [-0.4, -0.2) is 18.4 Å². The Morgan fingerprint density at radius 3 is 2.40 bits per heavy atom. The zero-order valence-corrected chi connectivity index (χ0v) is 15.4. The molecule has 2 aromatic carbocycles. The molecular formula is C19H17ClN2O2S. The molecule has 0 atom stereocenters. The van der Waals surface area contributed by atoms with Crippen LogP contribution in [0.4, 0.5) is 5.69 Å². The van der Waals surface area contributed by atoms with Gasteiger partial charge in [0.05, 0.1) is 11.6 Å². The molecule has 3 aromatic rings. The van der Waals surface area contributed by atoms with E-state index >= 15 is 0 Å². The van der Waals surface area contributed by atoms with Crippen LogP contribution >= 0.6 is 22.9 Å². The monoisotopic (exact) mass is 372 g/mol. The Hall–Kier alpha value is -2.37. The first-order valence-electron chi connectivity index (χ1n) is 7.78. The van der Waals surface area contributed by atoms with E-state index in [4.69, 9.17) is 11.6 Å². The largest absolute Gasteiger partial charge is 0.342 e. The molecule has 0 aliphatic rings. The van der Waals surface area contributed by atoms with Gasteiger partial charge >= 0.3 is 0 Å². The summed E-state index contributed by atoms with van der Waals surface area (Å²) in [5.74, 6) is -0.620. The molecule has 0 aliphatic carbocycles. The van der Waals surface area contributed by atoms with Gasteiger partial charge in [-0.1, -0.05) is 48.0 Å². The highest BCUT2D eigenvalue weighted by atomic mass is 35.5. The number of carbonyl (C=O) groups is 2. The summed E-state index contributed by atoms with van der Waals surface area (Å²) in [4.78, 5) is 24.9. The molecule has 128 valence electrons. The van der Waals surface area contributed by atoms with Crippen LogP contribution in [0.3, 0.4) is 0 Å². The quantitative estimate of drug-likeness (QED) is 0.706. The third-order valence-corrected chi connectivity index (χ3v) is 5.57. The van der Waals surface area contributed by atoms with Gasteiger partial charge in [-0.05, 0) is 31.0 Å². The molecule has 0 radical (unpaired) electrons. The first-order chi connectivity index (χ1) is 12.0. The fourth-order valence-electron chi connectivity index (χ4n) is 2.60. The van der Waals surface area contributed by atoms with E-state index in [1.54, 1.807) is 0 Å². The van der Waals surface area contributed by atoms with Gasteiger partial charge in [0.25, 0.3) is 5.91 Å². The molecule has 1 aromatic heterocycles. The number of anilines is 1. The van der Waals surface area contributed by atoms with Gasteiger partial charge in [0.15, 0.2) is 0 Å². The maximum absolute atomic E-state index is 12.4. The third-order valence-electron chi connectivity index (χ3n) is 3.90. The number of amides is 2. The molecule has 0 aliphatic heterocycles. The van der Waals surface area contributed by atoms with Crippen molar-refractivity contribution in [3.05, 3.63) is 63.5 Å². The van der Waals surface area contributed by atoms with E-state index in [1.165, 1.54) is 11.3 Å². The van der Waals surface area contributed by atoms with Gasteiger partial charge in [0.1, 0.15) is 4.88 Å². The van der Waals surface area contributed by atoms with Gasteiger partial charge in [-0.2, -0.15) is 0 Å². The van der Waals surface area contributed by atoms with Crippen molar-refractivity contribution in [2.45, 2.75) is 13.8 Å². The normalized spacial score (nSPS) is 10.7.